The lowest BCUT2D eigenvalue weighted by Crippen LogP contribution is -2.04. The topological polar surface area (TPSA) is 46.5 Å². The van der Waals surface area contributed by atoms with Gasteiger partial charge < -0.3 is 4.89 Å². The fraction of sp³-hybridized carbons (Fsp3) is 0.125. The Morgan fingerprint density at radius 2 is 1.92 bits per heavy atom. The summed E-state index contributed by atoms with van der Waals surface area (Å²) in [5.41, 5.74) is 0.826. The van der Waals surface area contributed by atoms with Crippen LogP contribution in [0.15, 0.2) is 30.3 Å². The average molecular weight is 189 g/mol. The summed E-state index contributed by atoms with van der Waals surface area (Å²) >= 11 is 0. The first kappa shape index (κ1) is 10.9. The molecule has 0 saturated carbocycles. The highest BCUT2D eigenvalue weighted by Crippen LogP contribution is 1.99. The highest BCUT2D eigenvalue weighted by atomic mass is 35.5. The maximum absolute atomic E-state index is 10.5. The lowest BCUT2D eigenvalue weighted by atomic mass is 10.2. The van der Waals surface area contributed by atoms with Crippen molar-refractivity contribution in [3.05, 3.63) is 35.9 Å². The molecule has 0 radical (unpaired) electrons. The summed E-state index contributed by atoms with van der Waals surface area (Å²) in [5.74, 6) is -0.642. The fourth-order valence-corrected chi connectivity index (χ4v) is 0.795. The molecule has 0 spiro atoms. The van der Waals surface area contributed by atoms with Gasteiger partial charge in [0.2, 0.25) is 0 Å². The Balaban J connectivity index is 0.00000121. The monoisotopic (exact) mass is 188 g/mol. The Bertz CT molecular complexity index is 235. The minimum absolute atomic E-state index is 0. The van der Waals surface area contributed by atoms with E-state index in [4.69, 9.17) is 5.26 Å². The van der Waals surface area contributed by atoms with Crippen LogP contribution in [0.1, 0.15) is 5.56 Å². The van der Waals surface area contributed by atoms with Gasteiger partial charge in [-0.05, 0) is 5.56 Å². The number of rotatable bonds is 2. The molecule has 12 heavy (non-hydrogen) atoms. The fourth-order valence-electron chi connectivity index (χ4n) is 0.795. The smallest absolute Gasteiger partial charge is 0.301 e. The average Bonchev–Trinajstić information content (AvgIpc) is 2.06. The van der Waals surface area contributed by atoms with Crippen molar-refractivity contribution >= 4 is 18.4 Å². The van der Waals surface area contributed by atoms with E-state index in [9.17, 15) is 4.79 Å². The van der Waals surface area contributed by atoms with E-state index in [2.05, 4.69) is 4.89 Å². The molecule has 0 aromatic heterocycles. The van der Waals surface area contributed by atoms with E-state index in [1.54, 1.807) is 12.1 Å². The zero-order chi connectivity index (χ0) is 8.10. The highest BCUT2D eigenvalue weighted by molar-refractivity contribution is 5.85. The Hall–Kier alpha value is -1.06. The normalized spacial score (nSPS) is 8.42. The lowest BCUT2D eigenvalue weighted by molar-refractivity contribution is -0.233. The van der Waals surface area contributed by atoms with E-state index in [1.807, 2.05) is 18.2 Å². The van der Waals surface area contributed by atoms with Crippen LogP contribution in [0.2, 0.25) is 0 Å². The maximum atomic E-state index is 10.5. The molecule has 0 atom stereocenters. The third-order valence-electron chi connectivity index (χ3n) is 1.29. The molecule has 0 bridgehead atoms. The number of benzene rings is 1. The van der Waals surface area contributed by atoms with Gasteiger partial charge in [0.15, 0.2) is 0 Å². The maximum Gasteiger partial charge on any atom is 0.346 e. The van der Waals surface area contributed by atoms with Crippen LogP contribution in [0, 0.1) is 0 Å². The number of hydrogen-bond donors (Lipinski definition) is 1. The molecule has 0 aliphatic heterocycles. The van der Waals surface area contributed by atoms with E-state index in [-0.39, 0.29) is 18.8 Å². The Kier molecular flexibility index (Phi) is 5.08. The van der Waals surface area contributed by atoms with Gasteiger partial charge in [-0.15, -0.1) is 12.4 Å². The van der Waals surface area contributed by atoms with Gasteiger partial charge in [-0.2, -0.15) is 5.26 Å². The summed E-state index contributed by atoms with van der Waals surface area (Å²) in [5, 5.41) is 7.95. The SMILES string of the molecule is Cl.O=C(Cc1ccccc1)OO. The van der Waals surface area contributed by atoms with Crippen LogP contribution in [0.25, 0.3) is 0 Å². The largest absolute Gasteiger partial charge is 0.346 e. The minimum atomic E-state index is -0.642. The summed E-state index contributed by atoms with van der Waals surface area (Å²) in [6.07, 6.45) is 0.108. The van der Waals surface area contributed by atoms with Crippen molar-refractivity contribution < 1.29 is 14.9 Å². The van der Waals surface area contributed by atoms with Crippen LogP contribution in [0.5, 0.6) is 0 Å². The second-order valence-corrected chi connectivity index (χ2v) is 2.13. The van der Waals surface area contributed by atoms with Gasteiger partial charge in [0.1, 0.15) is 0 Å². The molecule has 0 aliphatic carbocycles. The van der Waals surface area contributed by atoms with Crippen molar-refractivity contribution in [1.82, 2.24) is 0 Å². The first-order chi connectivity index (χ1) is 5.33. The van der Waals surface area contributed by atoms with E-state index in [1.165, 1.54) is 0 Å². The molecule has 66 valence electrons. The van der Waals surface area contributed by atoms with Gasteiger partial charge in [0.05, 0.1) is 6.42 Å². The van der Waals surface area contributed by atoms with Gasteiger partial charge in [0.25, 0.3) is 0 Å². The molecule has 1 rings (SSSR count). The zero-order valence-corrected chi connectivity index (χ0v) is 7.08. The Morgan fingerprint density at radius 3 is 2.42 bits per heavy atom. The first-order valence-corrected chi connectivity index (χ1v) is 3.21. The van der Waals surface area contributed by atoms with Crippen LogP contribution in [0.4, 0.5) is 0 Å². The lowest BCUT2D eigenvalue weighted by Gasteiger charge is -1.95. The first-order valence-electron chi connectivity index (χ1n) is 3.21. The second kappa shape index (κ2) is 5.57. The van der Waals surface area contributed by atoms with Gasteiger partial charge >= 0.3 is 5.97 Å². The molecule has 0 unspecified atom stereocenters. The van der Waals surface area contributed by atoms with E-state index in [0.29, 0.717) is 0 Å². The number of halogens is 1. The quantitative estimate of drug-likeness (QED) is 0.567. The predicted molar refractivity (Wildman–Crippen MR) is 46.1 cm³/mol. The summed E-state index contributed by atoms with van der Waals surface area (Å²) < 4.78 is 0. The number of carbonyl (C=O) groups is 1. The van der Waals surface area contributed by atoms with Gasteiger partial charge in [-0.1, -0.05) is 30.3 Å². The van der Waals surface area contributed by atoms with Crippen molar-refractivity contribution in [3.8, 4) is 0 Å². The van der Waals surface area contributed by atoms with Gasteiger partial charge in [0, 0.05) is 0 Å². The van der Waals surface area contributed by atoms with Crippen molar-refractivity contribution in [3.63, 3.8) is 0 Å². The molecular formula is C8H9ClO3. The summed E-state index contributed by atoms with van der Waals surface area (Å²) in [6, 6.07) is 9.07. The molecule has 0 saturated heterocycles. The third kappa shape index (κ3) is 3.37. The molecule has 1 aromatic carbocycles. The Morgan fingerprint density at radius 1 is 1.33 bits per heavy atom. The van der Waals surface area contributed by atoms with Crippen molar-refractivity contribution in [1.29, 1.82) is 0 Å². The van der Waals surface area contributed by atoms with E-state index >= 15 is 0 Å². The minimum Gasteiger partial charge on any atom is -0.301 e. The van der Waals surface area contributed by atoms with Crippen LogP contribution in [0.3, 0.4) is 0 Å². The molecule has 0 heterocycles. The number of hydrogen-bond acceptors (Lipinski definition) is 3. The molecule has 4 heteroatoms. The van der Waals surface area contributed by atoms with E-state index in [0.717, 1.165) is 5.56 Å². The van der Waals surface area contributed by atoms with Crippen LogP contribution >= 0.6 is 12.4 Å². The predicted octanol–water partition coefficient (Wildman–Crippen LogP) is 1.67. The number of carbonyl (C=O) groups excluding carboxylic acids is 1. The molecule has 0 amide bonds. The molecule has 3 nitrogen and oxygen atoms in total. The second-order valence-electron chi connectivity index (χ2n) is 2.13. The van der Waals surface area contributed by atoms with Crippen molar-refractivity contribution in [2.45, 2.75) is 6.42 Å². The molecular weight excluding hydrogens is 180 g/mol. The molecule has 1 N–H and O–H groups in total. The van der Waals surface area contributed by atoms with E-state index < -0.39 is 5.97 Å². The summed E-state index contributed by atoms with van der Waals surface area (Å²) in [6.45, 7) is 0. The molecule has 0 fully saturated rings. The Labute approximate surface area is 76.3 Å². The molecule has 1 aromatic rings. The molecule has 0 aliphatic rings. The third-order valence-corrected chi connectivity index (χ3v) is 1.29. The standard InChI is InChI=1S/C8H8O3.ClH/c9-8(11-10)6-7-4-2-1-3-5-7;/h1-5,10H,6H2;1H. The van der Waals surface area contributed by atoms with Crippen molar-refractivity contribution in [2.75, 3.05) is 0 Å². The zero-order valence-electron chi connectivity index (χ0n) is 6.27. The highest BCUT2D eigenvalue weighted by Gasteiger charge is 2.01. The van der Waals surface area contributed by atoms with Gasteiger partial charge in [-0.3, -0.25) is 0 Å². The van der Waals surface area contributed by atoms with Crippen LogP contribution in [-0.2, 0) is 16.1 Å². The summed E-state index contributed by atoms with van der Waals surface area (Å²) in [4.78, 5) is 14.0. The van der Waals surface area contributed by atoms with Crippen molar-refractivity contribution in [2.24, 2.45) is 0 Å². The van der Waals surface area contributed by atoms with Crippen LogP contribution < -0.4 is 0 Å². The summed E-state index contributed by atoms with van der Waals surface area (Å²) in [7, 11) is 0. The van der Waals surface area contributed by atoms with Crippen LogP contribution in [-0.4, -0.2) is 11.2 Å². The van der Waals surface area contributed by atoms with Gasteiger partial charge in [-0.25, -0.2) is 4.79 Å².